The number of pyridine rings is 1. The molecular formula is C25H19F5N4O4. The first-order chi connectivity index (χ1) is 17.9. The highest BCUT2D eigenvalue weighted by Crippen LogP contribution is 2.34. The summed E-state index contributed by atoms with van der Waals surface area (Å²) in [5.74, 6) is -3.63. The number of alkyl halides is 3. The van der Waals surface area contributed by atoms with Crippen LogP contribution in [0, 0.1) is 18.6 Å². The molecule has 0 atom stereocenters. The van der Waals surface area contributed by atoms with Gasteiger partial charge < -0.3 is 14.8 Å². The van der Waals surface area contributed by atoms with Crippen LogP contribution in [0.4, 0.5) is 27.6 Å². The third kappa shape index (κ3) is 5.21. The summed E-state index contributed by atoms with van der Waals surface area (Å²) in [5, 5.41) is 2.34. The Balaban J connectivity index is 1.85. The van der Waals surface area contributed by atoms with Gasteiger partial charge in [0.15, 0.2) is 5.82 Å². The summed E-state index contributed by atoms with van der Waals surface area (Å²) >= 11 is 0. The van der Waals surface area contributed by atoms with E-state index in [9.17, 15) is 22.8 Å². The van der Waals surface area contributed by atoms with Gasteiger partial charge in [-0.2, -0.15) is 4.68 Å². The van der Waals surface area contributed by atoms with Gasteiger partial charge in [-0.25, -0.2) is 13.8 Å². The molecule has 4 rings (SSSR count). The van der Waals surface area contributed by atoms with Crippen LogP contribution in [0.5, 0.6) is 11.5 Å². The van der Waals surface area contributed by atoms with Gasteiger partial charge in [0, 0.05) is 30.9 Å². The van der Waals surface area contributed by atoms with Gasteiger partial charge in [0.2, 0.25) is 0 Å². The first-order valence-electron chi connectivity index (χ1n) is 10.8. The van der Waals surface area contributed by atoms with Crippen LogP contribution in [-0.4, -0.2) is 33.7 Å². The predicted molar refractivity (Wildman–Crippen MR) is 127 cm³/mol. The Hall–Kier alpha value is -4.68. The monoisotopic (exact) mass is 534 g/mol. The van der Waals surface area contributed by atoms with Crippen molar-refractivity contribution in [3.63, 3.8) is 0 Å². The lowest BCUT2D eigenvalue weighted by atomic mass is 10.1. The highest BCUT2D eigenvalue weighted by atomic mass is 19.4. The highest BCUT2D eigenvalue weighted by Gasteiger charge is 2.31. The maximum atomic E-state index is 15.1. The SMILES string of the molecule is COc1cc(F)c(-c2c(NC(=O)c3ccc(OC(F)(F)F)cc3)c(=O)n(-c3cc(C)ccn3)n2C)c(F)c1. The van der Waals surface area contributed by atoms with Gasteiger partial charge in [-0.1, -0.05) is 0 Å². The smallest absolute Gasteiger partial charge is 0.497 e. The third-order valence-electron chi connectivity index (χ3n) is 5.46. The Bertz CT molecular complexity index is 1550. The Morgan fingerprint density at radius 2 is 1.63 bits per heavy atom. The molecular weight excluding hydrogens is 515 g/mol. The van der Waals surface area contributed by atoms with E-state index in [0.29, 0.717) is 0 Å². The first-order valence-corrected chi connectivity index (χ1v) is 10.8. The quantitative estimate of drug-likeness (QED) is 0.353. The van der Waals surface area contributed by atoms with E-state index in [1.54, 1.807) is 19.1 Å². The van der Waals surface area contributed by atoms with Crippen LogP contribution in [0.3, 0.4) is 0 Å². The lowest BCUT2D eigenvalue weighted by Gasteiger charge is -2.13. The van der Waals surface area contributed by atoms with E-state index in [1.807, 2.05) is 0 Å². The summed E-state index contributed by atoms with van der Waals surface area (Å²) in [5.41, 5.74) is -1.70. The molecule has 2 heterocycles. The number of amides is 1. The predicted octanol–water partition coefficient (Wildman–Crippen LogP) is 4.98. The van der Waals surface area contributed by atoms with E-state index in [4.69, 9.17) is 4.74 Å². The van der Waals surface area contributed by atoms with Crippen molar-refractivity contribution in [1.29, 1.82) is 0 Å². The van der Waals surface area contributed by atoms with E-state index in [0.717, 1.165) is 51.3 Å². The number of nitrogens with zero attached hydrogens (tertiary/aromatic N) is 3. The molecule has 198 valence electrons. The van der Waals surface area contributed by atoms with Crippen LogP contribution >= 0.6 is 0 Å². The number of ether oxygens (including phenoxy) is 2. The van der Waals surface area contributed by atoms with Gasteiger partial charge in [0.05, 0.1) is 12.7 Å². The topological polar surface area (TPSA) is 87.4 Å². The van der Waals surface area contributed by atoms with Gasteiger partial charge >= 0.3 is 6.36 Å². The maximum Gasteiger partial charge on any atom is 0.573 e. The molecule has 1 N–H and O–H groups in total. The van der Waals surface area contributed by atoms with Gasteiger partial charge in [0.25, 0.3) is 11.5 Å². The summed E-state index contributed by atoms with van der Waals surface area (Å²) in [6.07, 6.45) is -3.49. The fourth-order valence-corrected chi connectivity index (χ4v) is 3.79. The second kappa shape index (κ2) is 10.00. The molecule has 0 aliphatic carbocycles. The van der Waals surface area contributed by atoms with E-state index in [-0.39, 0.29) is 22.8 Å². The number of anilines is 1. The minimum atomic E-state index is -4.93. The number of carbonyl (C=O) groups is 1. The summed E-state index contributed by atoms with van der Waals surface area (Å²) < 4.78 is 78.4. The molecule has 2 aromatic heterocycles. The molecule has 0 saturated heterocycles. The van der Waals surface area contributed by atoms with E-state index >= 15 is 8.78 Å². The molecule has 0 aliphatic heterocycles. The average Bonchev–Trinajstić information content (AvgIpc) is 3.07. The lowest BCUT2D eigenvalue weighted by molar-refractivity contribution is -0.274. The number of aromatic nitrogens is 3. The Morgan fingerprint density at radius 3 is 2.18 bits per heavy atom. The second-order valence-electron chi connectivity index (χ2n) is 8.05. The number of hydrogen-bond acceptors (Lipinski definition) is 5. The van der Waals surface area contributed by atoms with Crippen LogP contribution in [0.25, 0.3) is 17.1 Å². The number of benzene rings is 2. The number of methoxy groups -OCH3 is 1. The van der Waals surface area contributed by atoms with Crippen molar-refractivity contribution in [3.05, 3.63) is 87.8 Å². The second-order valence-corrected chi connectivity index (χ2v) is 8.05. The minimum Gasteiger partial charge on any atom is -0.497 e. The third-order valence-corrected chi connectivity index (χ3v) is 5.46. The molecule has 1 amide bonds. The Kier molecular flexibility index (Phi) is 6.94. The van der Waals surface area contributed by atoms with Crippen molar-refractivity contribution < 1.29 is 36.2 Å². The van der Waals surface area contributed by atoms with Gasteiger partial charge in [-0.15, -0.1) is 13.2 Å². The standard InChI is InChI=1S/C25H19F5N4O4/c1-13-8-9-31-19(10-13)34-24(36)21(22(33(34)2)20-17(26)11-16(37-3)12-18(20)27)32-23(35)14-4-6-15(7-5-14)38-25(28,29)30/h4-12H,1-3H3,(H,32,35). The molecule has 0 spiro atoms. The molecule has 0 aliphatic rings. The van der Waals surface area contributed by atoms with E-state index in [2.05, 4.69) is 15.0 Å². The lowest BCUT2D eigenvalue weighted by Crippen LogP contribution is -2.23. The summed E-state index contributed by atoms with van der Waals surface area (Å²) in [6.45, 7) is 1.75. The molecule has 0 bridgehead atoms. The fraction of sp³-hybridized carbons (Fsp3) is 0.160. The average molecular weight is 534 g/mol. The number of carbonyl (C=O) groups excluding carboxylic acids is 1. The molecule has 0 unspecified atom stereocenters. The number of aryl methyl sites for hydroxylation is 1. The largest absolute Gasteiger partial charge is 0.573 e. The van der Waals surface area contributed by atoms with E-state index < -0.39 is 46.5 Å². The molecule has 0 fully saturated rings. The number of hydrogen-bond donors (Lipinski definition) is 1. The minimum absolute atomic E-state index is 0.111. The number of rotatable bonds is 6. The zero-order chi connectivity index (χ0) is 27.8. The van der Waals surface area contributed by atoms with Crippen molar-refractivity contribution in [1.82, 2.24) is 14.3 Å². The molecule has 0 radical (unpaired) electrons. The Labute approximate surface area is 211 Å². The molecule has 0 saturated carbocycles. The Morgan fingerprint density at radius 1 is 1.00 bits per heavy atom. The molecule has 2 aromatic carbocycles. The van der Waals surface area contributed by atoms with Crippen molar-refractivity contribution >= 4 is 11.6 Å². The molecule has 8 nitrogen and oxygen atoms in total. The zero-order valence-electron chi connectivity index (χ0n) is 20.1. The van der Waals surface area contributed by atoms with Crippen molar-refractivity contribution in [2.75, 3.05) is 12.4 Å². The first kappa shape index (κ1) is 26.4. The molecule has 38 heavy (non-hydrogen) atoms. The summed E-state index contributed by atoms with van der Waals surface area (Å²) in [7, 11) is 2.57. The summed E-state index contributed by atoms with van der Waals surface area (Å²) in [6, 6.07) is 8.94. The van der Waals surface area contributed by atoms with Crippen LogP contribution in [0.1, 0.15) is 15.9 Å². The molecule has 13 heteroatoms. The number of halogens is 5. The molecule has 4 aromatic rings. The highest BCUT2D eigenvalue weighted by molar-refractivity contribution is 6.06. The van der Waals surface area contributed by atoms with Crippen LogP contribution < -0.4 is 20.3 Å². The van der Waals surface area contributed by atoms with Crippen molar-refractivity contribution in [3.8, 4) is 28.6 Å². The number of nitrogens with one attached hydrogen (secondary N) is 1. The zero-order valence-corrected chi connectivity index (χ0v) is 20.1. The van der Waals surface area contributed by atoms with Crippen molar-refractivity contribution in [2.45, 2.75) is 13.3 Å². The van der Waals surface area contributed by atoms with Crippen LogP contribution in [0.2, 0.25) is 0 Å². The van der Waals surface area contributed by atoms with Crippen molar-refractivity contribution in [2.24, 2.45) is 7.05 Å². The van der Waals surface area contributed by atoms with Crippen LogP contribution in [-0.2, 0) is 7.05 Å². The summed E-state index contributed by atoms with van der Waals surface area (Å²) in [4.78, 5) is 30.6. The van der Waals surface area contributed by atoms with E-state index in [1.165, 1.54) is 20.4 Å². The normalized spacial score (nSPS) is 11.4. The maximum absolute atomic E-state index is 15.1. The van der Waals surface area contributed by atoms with Gasteiger partial charge in [-0.05, 0) is 48.9 Å². The van der Waals surface area contributed by atoms with Gasteiger partial charge in [-0.3, -0.25) is 14.3 Å². The van der Waals surface area contributed by atoms with Crippen LogP contribution in [0.15, 0.2) is 59.5 Å². The fourth-order valence-electron chi connectivity index (χ4n) is 3.79. The van der Waals surface area contributed by atoms with Gasteiger partial charge in [0.1, 0.15) is 34.5 Å².